The van der Waals surface area contributed by atoms with Crippen LogP contribution in [0.25, 0.3) is 5.69 Å². The average Bonchev–Trinajstić information content (AvgIpc) is 3.12. The van der Waals surface area contributed by atoms with Crippen LogP contribution in [0.3, 0.4) is 0 Å². The lowest BCUT2D eigenvalue weighted by molar-refractivity contribution is -0.384. The Kier molecular flexibility index (Phi) is 6.99. The van der Waals surface area contributed by atoms with Crippen LogP contribution in [0.15, 0.2) is 24.5 Å². The summed E-state index contributed by atoms with van der Waals surface area (Å²) in [5.41, 5.74) is 1.38. The van der Waals surface area contributed by atoms with E-state index < -0.39 is 4.92 Å². The molecule has 1 aliphatic rings. The Morgan fingerprint density at radius 1 is 1.35 bits per heavy atom. The number of aromatic nitrogens is 2. The van der Waals surface area contributed by atoms with Gasteiger partial charge in [-0.05, 0) is 31.4 Å². The predicted octanol–water partition coefficient (Wildman–Crippen LogP) is 3.06. The highest BCUT2D eigenvalue weighted by atomic mass is 16.6. The molecule has 0 saturated carbocycles. The van der Waals surface area contributed by atoms with Crippen LogP contribution in [-0.4, -0.2) is 48.2 Å². The summed E-state index contributed by atoms with van der Waals surface area (Å²) < 4.78 is 11.4. The summed E-state index contributed by atoms with van der Waals surface area (Å²) >= 11 is 0. The zero-order valence-electron chi connectivity index (χ0n) is 15.2. The van der Waals surface area contributed by atoms with Crippen LogP contribution in [0.4, 0.5) is 5.69 Å². The molecule has 0 atom stereocenters. The van der Waals surface area contributed by atoms with Crippen LogP contribution < -0.4 is 0 Å². The summed E-state index contributed by atoms with van der Waals surface area (Å²) in [5.74, 6) is 1.01. The minimum atomic E-state index is -0.463. The maximum atomic E-state index is 11.4. The first-order valence-corrected chi connectivity index (χ1v) is 8.29. The number of nitrogens with zero attached hydrogens (tertiary/aromatic N) is 3. The van der Waals surface area contributed by atoms with Gasteiger partial charge >= 0.3 is 0 Å². The number of carbonyl (C=O) groups excluding carboxylic acids is 1. The van der Waals surface area contributed by atoms with E-state index in [4.69, 9.17) is 4.74 Å². The van der Waals surface area contributed by atoms with Crippen LogP contribution in [-0.2, 0) is 9.47 Å². The third kappa shape index (κ3) is 4.33. The van der Waals surface area contributed by atoms with Crippen LogP contribution in [0.5, 0.6) is 0 Å². The molecule has 2 aromatic rings. The Hall–Kier alpha value is -2.58. The highest BCUT2D eigenvalue weighted by molar-refractivity contribution is 5.80. The van der Waals surface area contributed by atoms with E-state index in [0.29, 0.717) is 36.3 Å². The molecule has 1 fully saturated rings. The second kappa shape index (κ2) is 9.21. The molecule has 0 radical (unpaired) electrons. The van der Waals surface area contributed by atoms with Gasteiger partial charge in [-0.25, -0.2) is 4.98 Å². The largest absolute Gasteiger partial charge is 0.388 e. The smallest absolute Gasteiger partial charge is 0.293 e. The number of methoxy groups -OCH3 is 1. The lowest BCUT2D eigenvalue weighted by Crippen LogP contribution is -2.18. The number of nitro benzene ring substituents is 1. The van der Waals surface area contributed by atoms with Crippen LogP contribution in [0, 0.1) is 17.0 Å². The molecule has 1 saturated heterocycles. The van der Waals surface area contributed by atoms with Crippen LogP contribution in [0.2, 0.25) is 0 Å². The Morgan fingerprint density at radius 3 is 2.58 bits per heavy atom. The van der Waals surface area contributed by atoms with Crippen molar-refractivity contribution in [1.29, 1.82) is 0 Å². The molecule has 0 unspecified atom stereocenters. The molecule has 140 valence electrons. The van der Waals surface area contributed by atoms with Gasteiger partial charge in [0.05, 0.1) is 4.92 Å². The molecule has 0 bridgehead atoms. The van der Waals surface area contributed by atoms with Gasteiger partial charge in [0.15, 0.2) is 6.29 Å². The number of nitro groups is 1. The maximum Gasteiger partial charge on any atom is 0.293 e. The van der Waals surface area contributed by atoms with Gasteiger partial charge in [-0.3, -0.25) is 19.5 Å². The molecule has 2 heterocycles. The highest BCUT2D eigenvalue weighted by Gasteiger charge is 2.25. The third-order valence-corrected chi connectivity index (χ3v) is 4.20. The number of rotatable bonds is 4. The van der Waals surface area contributed by atoms with E-state index in [-0.39, 0.29) is 11.6 Å². The third-order valence-electron chi connectivity index (χ3n) is 4.20. The average molecular weight is 361 g/mol. The Morgan fingerprint density at radius 2 is 2.00 bits per heavy atom. The van der Waals surface area contributed by atoms with Crippen molar-refractivity contribution in [3.05, 3.63) is 51.6 Å². The number of benzene rings is 1. The fourth-order valence-corrected chi connectivity index (χ4v) is 2.94. The standard InChI is InChI=1S/C16H17N3O4.C2H6O/c1-11-8-14(15(19(21)22)9-13(11)10-20)18-5-4-17-16(18)12-2-6-23-7-3-12;1-3-2/h4-5,8-10,12H,2-3,6-7H2,1H3;1-2H3. The second-order valence-corrected chi connectivity index (χ2v) is 6.02. The van der Waals surface area contributed by atoms with Crippen LogP contribution in [0.1, 0.15) is 40.5 Å². The minimum Gasteiger partial charge on any atom is -0.388 e. The van der Waals surface area contributed by atoms with Crippen molar-refractivity contribution in [2.24, 2.45) is 0 Å². The molecule has 3 rings (SSSR count). The van der Waals surface area contributed by atoms with E-state index in [2.05, 4.69) is 9.72 Å². The number of carbonyl (C=O) groups is 1. The number of hydrogen-bond acceptors (Lipinski definition) is 6. The summed E-state index contributed by atoms with van der Waals surface area (Å²) in [6, 6.07) is 3.00. The quantitative estimate of drug-likeness (QED) is 0.472. The first-order valence-electron chi connectivity index (χ1n) is 8.29. The van der Waals surface area contributed by atoms with Gasteiger partial charge in [0.1, 0.15) is 11.5 Å². The van der Waals surface area contributed by atoms with E-state index >= 15 is 0 Å². The topological polar surface area (TPSA) is 96.5 Å². The highest BCUT2D eigenvalue weighted by Crippen LogP contribution is 2.32. The van der Waals surface area contributed by atoms with Gasteiger partial charge in [0.25, 0.3) is 5.69 Å². The molecule has 8 heteroatoms. The van der Waals surface area contributed by atoms with E-state index in [0.717, 1.165) is 18.7 Å². The summed E-state index contributed by atoms with van der Waals surface area (Å²) in [5, 5.41) is 11.4. The fraction of sp³-hybridized carbons (Fsp3) is 0.444. The first-order chi connectivity index (χ1) is 12.5. The fourth-order valence-electron chi connectivity index (χ4n) is 2.94. The van der Waals surface area contributed by atoms with Crippen LogP contribution >= 0.6 is 0 Å². The van der Waals surface area contributed by atoms with Crippen molar-refractivity contribution < 1.29 is 19.2 Å². The van der Waals surface area contributed by atoms with Crippen molar-refractivity contribution in [2.45, 2.75) is 25.7 Å². The summed E-state index contributed by atoms with van der Waals surface area (Å²) in [4.78, 5) is 26.4. The van der Waals surface area contributed by atoms with Gasteiger partial charge in [-0.15, -0.1) is 0 Å². The molecular formula is C18H23N3O5. The van der Waals surface area contributed by atoms with E-state index in [1.165, 1.54) is 6.07 Å². The van der Waals surface area contributed by atoms with Crippen molar-refractivity contribution in [3.63, 3.8) is 0 Å². The molecule has 26 heavy (non-hydrogen) atoms. The van der Waals surface area contributed by atoms with Gasteiger partial charge in [0, 0.05) is 57.4 Å². The lowest BCUT2D eigenvalue weighted by atomic mass is 9.99. The summed E-state index contributed by atoms with van der Waals surface area (Å²) in [7, 11) is 3.25. The summed E-state index contributed by atoms with van der Waals surface area (Å²) in [6.07, 6.45) is 5.70. The number of aryl methyl sites for hydroxylation is 1. The zero-order valence-corrected chi connectivity index (χ0v) is 15.2. The van der Waals surface area contributed by atoms with Gasteiger partial charge in [-0.2, -0.15) is 0 Å². The zero-order chi connectivity index (χ0) is 19.1. The van der Waals surface area contributed by atoms with Crippen molar-refractivity contribution in [2.75, 3.05) is 27.4 Å². The van der Waals surface area contributed by atoms with Gasteiger partial charge in [0.2, 0.25) is 0 Å². The molecule has 1 aliphatic heterocycles. The molecular weight excluding hydrogens is 338 g/mol. The number of hydrogen-bond donors (Lipinski definition) is 0. The van der Waals surface area contributed by atoms with E-state index in [1.54, 1.807) is 44.2 Å². The Labute approximate surface area is 151 Å². The van der Waals surface area contributed by atoms with Gasteiger partial charge in [-0.1, -0.05) is 0 Å². The monoisotopic (exact) mass is 361 g/mol. The molecule has 0 spiro atoms. The number of aldehydes is 1. The lowest BCUT2D eigenvalue weighted by Gasteiger charge is -2.22. The normalized spacial score (nSPS) is 14.4. The maximum absolute atomic E-state index is 11.4. The molecule has 0 N–H and O–H groups in total. The minimum absolute atomic E-state index is 0.0935. The van der Waals surface area contributed by atoms with Crippen molar-refractivity contribution >= 4 is 12.0 Å². The molecule has 8 nitrogen and oxygen atoms in total. The van der Waals surface area contributed by atoms with E-state index in [9.17, 15) is 14.9 Å². The van der Waals surface area contributed by atoms with Crippen molar-refractivity contribution in [1.82, 2.24) is 9.55 Å². The van der Waals surface area contributed by atoms with E-state index in [1.807, 2.05) is 0 Å². The van der Waals surface area contributed by atoms with Gasteiger partial charge < -0.3 is 9.47 Å². The molecule has 0 amide bonds. The molecule has 1 aromatic heterocycles. The first kappa shape index (κ1) is 19.7. The second-order valence-electron chi connectivity index (χ2n) is 6.02. The predicted molar refractivity (Wildman–Crippen MR) is 96.1 cm³/mol. The Bertz CT molecular complexity index is 766. The SMILES string of the molecule is COC.Cc1cc(-n2ccnc2C2CCOCC2)c([N+](=O)[O-])cc1C=O. The summed E-state index contributed by atoms with van der Waals surface area (Å²) in [6.45, 7) is 3.10. The van der Waals surface area contributed by atoms with Crippen molar-refractivity contribution in [3.8, 4) is 5.69 Å². The number of imidazole rings is 1. The Balaban J connectivity index is 0.000000758. The number of ether oxygens (including phenoxy) is 2. The molecule has 1 aromatic carbocycles. The molecule has 0 aliphatic carbocycles.